The SMILES string of the molecule is CN(Cc1ccccc1)C(=O)c1nn(-c2ccccc2)c2c1CCC2. The van der Waals surface area contributed by atoms with Crippen LogP contribution in [-0.2, 0) is 19.4 Å². The Morgan fingerprint density at radius 2 is 1.72 bits per heavy atom. The number of carbonyl (C=O) groups is 1. The molecule has 2 aromatic carbocycles. The molecule has 4 nitrogen and oxygen atoms in total. The van der Waals surface area contributed by atoms with Crippen LogP contribution in [0.15, 0.2) is 60.7 Å². The van der Waals surface area contributed by atoms with Crippen LogP contribution < -0.4 is 0 Å². The van der Waals surface area contributed by atoms with Crippen molar-refractivity contribution in [3.8, 4) is 5.69 Å². The maximum Gasteiger partial charge on any atom is 0.274 e. The number of rotatable bonds is 4. The molecular formula is C21H21N3O. The van der Waals surface area contributed by atoms with Crippen LogP contribution >= 0.6 is 0 Å². The van der Waals surface area contributed by atoms with E-state index < -0.39 is 0 Å². The van der Waals surface area contributed by atoms with E-state index in [0.717, 1.165) is 36.1 Å². The first-order valence-corrected chi connectivity index (χ1v) is 8.69. The van der Waals surface area contributed by atoms with Crippen molar-refractivity contribution in [2.45, 2.75) is 25.8 Å². The number of para-hydroxylation sites is 1. The average Bonchev–Trinajstić information content (AvgIpc) is 3.25. The highest BCUT2D eigenvalue weighted by Crippen LogP contribution is 2.28. The molecular weight excluding hydrogens is 310 g/mol. The molecule has 25 heavy (non-hydrogen) atoms. The number of fused-ring (bicyclic) bond motifs is 1. The fourth-order valence-corrected chi connectivity index (χ4v) is 3.50. The van der Waals surface area contributed by atoms with Gasteiger partial charge < -0.3 is 4.90 Å². The van der Waals surface area contributed by atoms with E-state index in [1.165, 1.54) is 5.69 Å². The highest BCUT2D eigenvalue weighted by Gasteiger charge is 2.28. The summed E-state index contributed by atoms with van der Waals surface area (Å²) in [4.78, 5) is 14.8. The smallest absolute Gasteiger partial charge is 0.274 e. The summed E-state index contributed by atoms with van der Waals surface area (Å²) in [5.74, 6) is -0.00307. The van der Waals surface area contributed by atoms with E-state index in [0.29, 0.717) is 12.2 Å². The second kappa shape index (κ2) is 6.55. The molecule has 0 saturated heterocycles. The molecule has 0 spiro atoms. The van der Waals surface area contributed by atoms with Crippen molar-refractivity contribution in [2.75, 3.05) is 7.05 Å². The highest BCUT2D eigenvalue weighted by molar-refractivity contribution is 5.94. The molecule has 1 heterocycles. The Bertz CT molecular complexity index is 884. The number of carbonyl (C=O) groups excluding carboxylic acids is 1. The Hall–Kier alpha value is -2.88. The lowest BCUT2D eigenvalue weighted by molar-refractivity contribution is 0.0777. The molecule has 0 bridgehead atoms. The van der Waals surface area contributed by atoms with Crippen molar-refractivity contribution in [3.63, 3.8) is 0 Å². The molecule has 1 aromatic heterocycles. The standard InChI is InChI=1S/C21H21N3O/c1-23(15-16-9-4-2-5-10-16)21(25)20-18-13-8-14-19(18)24(22-20)17-11-6-3-7-12-17/h2-7,9-12H,8,13-15H2,1H3. The molecule has 1 aliphatic rings. The number of hydrogen-bond acceptors (Lipinski definition) is 2. The van der Waals surface area contributed by atoms with Gasteiger partial charge in [0.1, 0.15) is 0 Å². The van der Waals surface area contributed by atoms with Crippen molar-refractivity contribution in [2.24, 2.45) is 0 Å². The Balaban J connectivity index is 1.65. The zero-order valence-corrected chi connectivity index (χ0v) is 14.4. The topological polar surface area (TPSA) is 38.1 Å². The fraction of sp³-hybridized carbons (Fsp3) is 0.238. The first kappa shape index (κ1) is 15.6. The van der Waals surface area contributed by atoms with Crippen LogP contribution in [0.4, 0.5) is 0 Å². The first-order valence-electron chi connectivity index (χ1n) is 8.69. The third-order valence-corrected chi connectivity index (χ3v) is 4.74. The molecule has 0 fully saturated rings. The van der Waals surface area contributed by atoms with Crippen LogP contribution in [0.3, 0.4) is 0 Å². The van der Waals surface area contributed by atoms with Gasteiger partial charge in [-0.2, -0.15) is 5.10 Å². The van der Waals surface area contributed by atoms with E-state index in [-0.39, 0.29) is 5.91 Å². The minimum atomic E-state index is -0.00307. The Labute approximate surface area is 147 Å². The normalized spacial score (nSPS) is 12.8. The van der Waals surface area contributed by atoms with E-state index in [1.54, 1.807) is 4.90 Å². The Kier molecular flexibility index (Phi) is 4.10. The summed E-state index contributed by atoms with van der Waals surface area (Å²) >= 11 is 0. The van der Waals surface area contributed by atoms with Crippen LogP contribution in [0.2, 0.25) is 0 Å². The van der Waals surface area contributed by atoms with Crippen molar-refractivity contribution < 1.29 is 4.79 Å². The van der Waals surface area contributed by atoms with Gasteiger partial charge in [0.15, 0.2) is 5.69 Å². The maximum absolute atomic E-state index is 13.0. The van der Waals surface area contributed by atoms with Crippen LogP contribution in [-0.4, -0.2) is 27.6 Å². The summed E-state index contributed by atoms with van der Waals surface area (Å²) in [5.41, 5.74) is 5.05. The molecule has 126 valence electrons. The molecule has 0 aliphatic heterocycles. The lowest BCUT2D eigenvalue weighted by Crippen LogP contribution is -2.27. The molecule has 3 aromatic rings. The number of nitrogens with zero attached hydrogens (tertiary/aromatic N) is 3. The van der Waals surface area contributed by atoms with Gasteiger partial charge in [0.2, 0.25) is 0 Å². The second-order valence-corrected chi connectivity index (χ2v) is 6.52. The molecule has 0 unspecified atom stereocenters. The van der Waals surface area contributed by atoms with Crippen LogP contribution in [0, 0.1) is 0 Å². The summed E-state index contributed by atoms with van der Waals surface area (Å²) < 4.78 is 1.95. The zero-order valence-electron chi connectivity index (χ0n) is 14.4. The van der Waals surface area contributed by atoms with E-state index in [4.69, 9.17) is 5.10 Å². The molecule has 4 rings (SSSR count). The quantitative estimate of drug-likeness (QED) is 0.732. The number of aromatic nitrogens is 2. The minimum absolute atomic E-state index is 0.00307. The Morgan fingerprint density at radius 1 is 1.04 bits per heavy atom. The molecule has 4 heteroatoms. The summed E-state index contributed by atoms with van der Waals surface area (Å²) in [5, 5.41) is 4.69. The van der Waals surface area contributed by atoms with Gasteiger partial charge in [-0.05, 0) is 37.0 Å². The van der Waals surface area contributed by atoms with Gasteiger partial charge in [0.05, 0.1) is 5.69 Å². The summed E-state index contributed by atoms with van der Waals surface area (Å²) in [6.45, 7) is 0.590. The molecule has 1 amide bonds. The van der Waals surface area contributed by atoms with Crippen molar-refractivity contribution >= 4 is 5.91 Å². The van der Waals surface area contributed by atoms with E-state index in [2.05, 4.69) is 0 Å². The van der Waals surface area contributed by atoms with Gasteiger partial charge in [0.25, 0.3) is 5.91 Å². The predicted octanol–water partition coefficient (Wildman–Crippen LogP) is 3.63. The lowest BCUT2D eigenvalue weighted by Gasteiger charge is -2.16. The maximum atomic E-state index is 13.0. The summed E-state index contributed by atoms with van der Waals surface area (Å²) in [6.07, 6.45) is 3.00. The van der Waals surface area contributed by atoms with E-state index >= 15 is 0 Å². The van der Waals surface area contributed by atoms with E-state index in [1.807, 2.05) is 72.4 Å². The third kappa shape index (κ3) is 2.95. The number of amides is 1. The molecule has 1 aliphatic carbocycles. The molecule has 0 radical (unpaired) electrons. The highest BCUT2D eigenvalue weighted by atomic mass is 16.2. The van der Waals surface area contributed by atoms with Gasteiger partial charge >= 0.3 is 0 Å². The fourth-order valence-electron chi connectivity index (χ4n) is 3.50. The van der Waals surface area contributed by atoms with Gasteiger partial charge in [-0.3, -0.25) is 4.79 Å². The lowest BCUT2D eigenvalue weighted by atomic mass is 10.1. The molecule has 0 atom stereocenters. The Morgan fingerprint density at radius 3 is 2.44 bits per heavy atom. The van der Waals surface area contributed by atoms with Crippen LogP contribution in [0.1, 0.15) is 33.7 Å². The van der Waals surface area contributed by atoms with Gasteiger partial charge in [-0.15, -0.1) is 0 Å². The largest absolute Gasteiger partial charge is 0.336 e. The molecule has 0 N–H and O–H groups in total. The first-order chi connectivity index (χ1) is 12.2. The van der Waals surface area contributed by atoms with Crippen molar-refractivity contribution in [1.29, 1.82) is 0 Å². The summed E-state index contributed by atoms with van der Waals surface area (Å²) in [6, 6.07) is 20.1. The average molecular weight is 331 g/mol. The monoisotopic (exact) mass is 331 g/mol. The summed E-state index contributed by atoms with van der Waals surface area (Å²) in [7, 11) is 1.85. The third-order valence-electron chi connectivity index (χ3n) is 4.74. The number of benzene rings is 2. The zero-order chi connectivity index (χ0) is 17.2. The minimum Gasteiger partial charge on any atom is -0.336 e. The van der Waals surface area contributed by atoms with Gasteiger partial charge in [0, 0.05) is 24.8 Å². The van der Waals surface area contributed by atoms with Gasteiger partial charge in [-0.1, -0.05) is 48.5 Å². The second-order valence-electron chi connectivity index (χ2n) is 6.52. The van der Waals surface area contributed by atoms with Crippen LogP contribution in [0.25, 0.3) is 5.69 Å². The predicted molar refractivity (Wildman–Crippen MR) is 97.8 cm³/mol. The number of hydrogen-bond donors (Lipinski definition) is 0. The van der Waals surface area contributed by atoms with Crippen LogP contribution in [0.5, 0.6) is 0 Å². The molecule has 0 saturated carbocycles. The van der Waals surface area contributed by atoms with E-state index in [9.17, 15) is 4.79 Å². The van der Waals surface area contributed by atoms with Crippen molar-refractivity contribution in [1.82, 2.24) is 14.7 Å². The van der Waals surface area contributed by atoms with Gasteiger partial charge in [-0.25, -0.2) is 4.68 Å². The van der Waals surface area contributed by atoms with Crippen molar-refractivity contribution in [3.05, 3.63) is 83.2 Å².